The zero-order valence-corrected chi connectivity index (χ0v) is 11.7. The first-order valence-corrected chi connectivity index (χ1v) is 3.75. The Morgan fingerprint density at radius 1 is 1.09 bits per heavy atom. The van der Waals surface area contributed by atoms with E-state index in [1.165, 1.54) is 16.4 Å². The topological polar surface area (TPSA) is 0 Å². The van der Waals surface area contributed by atoms with Crippen molar-refractivity contribution in [2.75, 3.05) is 0 Å². The summed E-state index contributed by atoms with van der Waals surface area (Å²) in [7, 11) is 0.836. The molecular weight excluding hydrogens is 277 g/mol. The maximum Gasteiger partial charge on any atom is 3.00 e. The molecule has 1 heterocycles. The van der Waals surface area contributed by atoms with E-state index in [4.69, 9.17) is 0 Å². The van der Waals surface area contributed by atoms with Crippen LogP contribution in [0, 0.1) is 26.6 Å². The molecule has 1 aromatic rings. The molecule has 1 radical (unpaired) electrons. The number of halogens is 2. The van der Waals surface area contributed by atoms with Gasteiger partial charge in [0.15, 0.2) is 0 Å². The van der Waals surface area contributed by atoms with E-state index >= 15 is 0 Å². The van der Waals surface area contributed by atoms with Crippen molar-refractivity contribution in [1.82, 2.24) is 0 Å². The van der Waals surface area contributed by atoms with Crippen molar-refractivity contribution >= 4 is 8.19 Å². The molecule has 11 heavy (non-hydrogen) atoms. The van der Waals surface area contributed by atoms with Crippen LogP contribution in [0.4, 0.5) is 0 Å². The van der Waals surface area contributed by atoms with Crippen molar-refractivity contribution in [1.29, 1.82) is 0 Å². The standard InChI is InChI=1S/C7H10P.2ClH.Zr/c1-5-4-8-7(3)6(5)2;;;/h8H,1-3H3;2*1H;/q-1;;;+3/p-2. The smallest absolute Gasteiger partial charge is 1.00 e. The molecule has 0 amide bonds. The first-order valence-electron chi connectivity index (χ1n) is 2.75. The van der Waals surface area contributed by atoms with Gasteiger partial charge >= 0.3 is 26.2 Å². The second kappa shape index (κ2) is 7.87. The van der Waals surface area contributed by atoms with Crippen molar-refractivity contribution in [3.63, 3.8) is 0 Å². The molecular formula is C7H10Cl2PZr. The summed E-state index contributed by atoms with van der Waals surface area (Å²) in [6.07, 6.45) is 0. The average molecular weight is 287 g/mol. The maximum absolute atomic E-state index is 3.29. The van der Waals surface area contributed by atoms with Crippen LogP contribution in [0.3, 0.4) is 0 Å². The van der Waals surface area contributed by atoms with Gasteiger partial charge in [0.05, 0.1) is 0 Å². The molecule has 1 rings (SSSR count). The predicted molar refractivity (Wildman–Crippen MR) is 39.0 cm³/mol. The van der Waals surface area contributed by atoms with Crippen LogP contribution >= 0.6 is 8.19 Å². The fourth-order valence-electron chi connectivity index (χ4n) is 0.656. The second-order valence-corrected chi connectivity index (χ2v) is 3.38. The van der Waals surface area contributed by atoms with Crippen molar-refractivity contribution < 1.29 is 51.0 Å². The van der Waals surface area contributed by atoms with Crippen LogP contribution in [0.5, 0.6) is 0 Å². The van der Waals surface area contributed by atoms with E-state index in [1.807, 2.05) is 0 Å². The second-order valence-electron chi connectivity index (χ2n) is 2.12. The third-order valence-corrected chi connectivity index (χ3v) is 2.81. The molecule has 1 unspecified atom stereocenters. The van der Waals surface area contributed by atoms with Crippen LogP contribution in [0.1, 0.15) is 16.4 Å². The molecule has 1 aromatic heterocycles. The molecule has 0 saturated carbocycles. The Morgan fingerprint density at radius 3 is 1.64 bits per heavy atom. The fourth-order valence-corrected chi connectivity index (χ4v) is 1.59. The Balaban J connectivity index is -0.000000213. The number of aryl methyl sites for hydroxylation is 2. The molecule has 0 aliphatic rings. The van der Waals surface area contributed by atoms with Crippen LogP contribution in [-0.4, -0.2) is 0 Å². The maximum atomic E-state index is 3.29. The molecule has 0 fully saturated rings. The van der Waals surface area contributed by atoms with Crippen molar-refractivity contribution in [2.45, 2.75) is 20.8 Å². The van der Waals surface area contributed by atoms with Crippen LogP contribution in [0.2, 0.25) is 0 Å². The molecule has 1 atom stereocenters. The van der Waals surface area contributed by atoms with Crippen molar-refractivity contribution in [3.8, 4) is 0 Å². The third kappa shape index (κ3) is 4.73. The zero-order valence-electron chi connectivity index (χ0n) is 6.76. The Bertz CT molecular complexity index is 179. The summed E-state index contributed by atoms with van der Waals surface area (Å²) in [6, 6.07) is 0. The van der Waals surface area contributed by atoms with Crippen LogP contribution in [0.25, 0.3) is 0 Å². The SMILES string of the molecule is Cc1[c-][pH]c(C)c1C.[Cl-].[Cl-].[Zr+3]. The monoisotopic (exact) mass is 285 g/mol. The number of hydrogen-bond donors (Lipinski definition) is 0. The number of rotatable bonds is 0. The zero-order chi connectivity index (χ0) is 6.15. The van der Waals surface area contributed by atoms with E-state index in [2.05, 4.69) is 26.6 Å². The Labute approximate surface area is 102 Å². The summed E-state index contributed by atoms with van der Waals surface area (Å²) >= 11 is 0. The molecule has 61 valence electrons. The van der Waals surface area contributed by atoms with Gasteiger partial charge in [-0.25, -0.2) is 0 Å². The minimum atomic E-state index is 0. The number of hydrogen-bond acceptors (Lipinski definition) is 0. The van der Waals surface area contributed by atoms with Gasteiger partial charge in [-0.1, -0.05) is 20.8 Å². The van der Waals surface area contributed by atoms with E-state index in [0.29, 0.717) is 0 Å². The molecule has 0 aromatic carbocycles. The Morgan fingerprint density at radius 2 is 1.55 bits per heavy atom. The van der Waals surface area contributed by atoms with Crippen LogP contribution < -0.4 is 24.8 Å². The molecule has 4 heteroatoms. The van der Waals surface area contributed by atoms with Gasteiger partial charge in [-0.15, -0.1) is 0 Å². The van der Waals surface area contributed by atoms with Gasteiger partial charge in [0, 0.05) is 0 Å². The quantitative estimate of drug-likeness (QED) is 0.434. The average Bonchev–Trinajstić information content (AvgIpc) is 1.98. The summed E-state index contributed by atoms with van der Waals surface area (Å²) in [5.74, 6) is 3.29. The van der Waals surface area contributed by atoms with Gasteiger partial charge < -0.3 is 24.8 Å². The molecule has 0 N–H and O–H groups in total. The van der Waals surface area contributed by atoms with Gasteiger partial charge in [-0.05, 0) is 0 Å². The minimum Gasteiger partial charge on any atom is -1.00 e. The normalized spacial score (nSPS) is 7.91. The largest absolute Gasteiger partial charge is 3.00 e. The minimum absolute atomic E-state index is 0. The Hall–Kier alpha value is 1.24. The predicted octanol–water partition coefficient (Wildman–Crippen LogP) is -3.55. The van der Waals surface area contributed by atoms with Crippen molar-refractivity contribution in [2.24, 2.45) is 0 Å². The Kier molecular flexibility index (Phi) is 13.0. The third-order valence-electron chi connectivity index (χ3n) is 1.56. The van der Waals surface area contributed by atoms with E-state index in [1.54, 1.807) is 0 Å². The van der Waals surface area contributed by atoms with Crippen LogP contribution in [0.15, 0.2) is 0 Å². The fraction of sp³-hybridized carbons (Fsp3) is 0.429. The molecule has 0 spiro atoms. The molecule has 0 aliphatic carbocycles. The van der Waals surface area contributed by atoms with Crippen molar-refractivity contribution in [3.05, 3.63) is 22.2 Å². The van der Waals surface area contributed by atoms with E-state index < -0.39 is 0 Å². The molecule has 0 nitrogen and oxygen atoms in total. The summed E-state index contributed by atoms with van der Waals surface area (Å²) < 4.78 is 0. The van der Waals surface area contributed by atoms with Gasteiger partial charge in [-0.2, -0.15) is 22.2 Å². The van der Waals surface area contributed by atoms with E-state index in [0.717, 1.165) is 8.19 Å². The first-order chi connectivity index (χ1) is 3.72. The molecule has 0 saturated heterocycles. The summed E-state index contributed by atoms with van der Waals surface area (Å²) in [5, 5.41) is 1.50. The summed E-state index contributed by atoms with van der Waals surface area (Å²) in [5.41, 5.74) is 2.80. The van der Waals surface area contributed by atoms with E-state index in [9.17, 15) is 0 Å². The van der Waals surface area contributed by atoms with Crippen LogP contribution in [-0.2, 0) is 26.2 Å². The molecule has 0 aliphatic heterocycles. The summed E-state index contributed by atoms with van der Waals surface area (Å²) in [4.78, 5) is 0. The van der Waals surface area contributed by atoms with Gasteiger partial charge in [-0.3, -0.25) is 8.19 Å². The van der Waals surface area contributed by atoms with Gasteiger partial charge in [0.25, 0.3) is 0 Å². The first kappa shape index (κ1) is 18.1. The van der Waals surface area contributed by atoms with Gasteiger partial charge in [0.2, 0.25) is 0 Å². The van der Waals surface area contributed by atoms with Gasteiger partial charge in [0.1, 0.15) is 0 Å². The summed E-state index contributed by atoms with van der Waals surface area (Å²) in [6.45, 7) is 6.47. The molecule has 0 bridgehead atoms. The van der Waals surface area contributed by atoms with E-state index in [-0.39, 0.29) is 51.0 Å².